The van der Waals surface area contributed by atoms with E-state index >= 15 is 0 Å². The number of likely N-dealkylation sites (tertiary alicyclic amines) is 1. The molecule has 3 heterocycles. The zero-order valence-corrected chi connectivity index (χ0v) is 17.7. The Kier molecular flexibility index (Phi) is 5.97. The minimum Gasteiger partial charge on any atom is -0.332 e. The number of likely N-dealkylation sites (N-methyl/N-ethyl adjacent to an activating group) is 1. The molecular formula is C22H35N5O. The molecule has 2 aliphatic heterocycles. The predicted octanol–water partition coefficient (Wildman–Crippen LogP) is 2.59. The van der Waals surface area contributed by atoms with Crippen LogP contribution in [0, 0.1) is 11.8 Å². The van der Waals surface area contributed by atoms with E-state index in [0.29, 0.717) is 29.7 Å². The number of nitrogens with zero attached hydrogens (tertiary/aromatic N) is 5. The number of Topliss-reactive ketones (excluding diaryl/α,β-unsaturated/α-hetero) is 1. The van der Waals surface area contributed by atoms with Gasteiger partial charge in [-0.3, -0.25) is 4.79 Å². The first-order chi connectivity index (χ1) is 13.5. The molecule has 2 atom stereocenters. The smallest absolute Gasteiger partial charge is 0.225 e. The molecular weight excluding hydrogens is 350 g/mol. The van der Waals surface area contributed by atoms with Crippen molar-refractivity contribution in [3.63, 3.8) is 0 Å². The van der Waals surface area contributed by atoms with Crippen LogP contribution in [0.25, 0.3) is 0 Å². The summed E-state index contributed by atoms with van der Waals surface area (Å²) in [5, 5.41) is 0. The van der Waals surface area contributed by atoms with Crippen molar-refractivity contribution in [2.45, 2.75) is 64.1 Å². The summed E-state index contributed by atoms with van der Waals surface area (Å²) in [4.78, 5) is 28.3. The first-order valence-corrected chi connectivity index (χ1v) is 11.0. The second-order valence-electron chi connectivity index (χ2n) is 9.43. The van der Waals surface area contributed by atoms with Crippen LogP contribution in [-0.2, 0) is 11.3 Å². The van der Waals surface area contributed by atoms with Crippen LogP contribution >= 0.6 is 0 Å². The molecule has 0 amide bonds. The first-order valence-electron chi connectivity index (χ1n) is 11.0. The fourth-order valence-electron chi connectivity index (χ4n) is 5.57. The Balaban J connectivity index is 1.28. The fourth-order valence-corrected chi connectivity index (χ4v) is 5.57. The van der Waals surface area contributed by atoms with E-state index < -0.39 is 0 Å². The van der Waals surface area contributed by atoms with Gasteiger partial charge in [0.2, 0.25) is 5.95 Å². The zero-order valence-electron chi connectivity index (χ0n) is 17.7. The standard InChI is InChI=1S/C22H35N5O/c1-16(28)19-6-4-17(5-7-19)12-25(2)13-18-10-23-22(24-11-18)27-20-8-9-21(27)15-26(3)14-20/h10-11,17,19-21H,4-9,12-15H2,1-3H3/t17-,19-,20?,21?. The van der Waals surface area contributed by atoms with Crippen molar-refractivity contribution >= 4 is 11.7 Å². The first kappa shape index (κ1) is 19.8. The van der Waals surface area contributed by atoms with Crippen molar-refractivity contribution < 1.29 is 4.79 Å². The lowest BCUT2D eigenvalue weighted by Gasteiger charge is -2.39. The average Bonchev–Trinajstić information content (AvgIpc) is 2.94. The van der Waals surface area contributed by atoms with Gasteiger partial charge in [0.05, 0.1) is 0 Å². The van der Waals surface area contributed by atoms with E-state index in [-0.39, 0.29) is 0 Å². The molecule has 3 fully saturated rings. The quantitative estimate of drug-likeness (QED) is 0.750. The Morgan fingerprint density at radius 1 is 1.07 bits per heavy atom. The molecule has 1 aromatic heterocycles. The number of ketones is 1. The summed E-state index contributed by atoms with van der Waals surface area (Å²) in [6, 6.07) is 1.14. The molecule has 3 aliphatic rings. The molecule has 2 unspecified atom stereocenters. The number of anilines is 1. The number of piperazine rings is 1. The van der Waals surface area contributed by atoms with Crippen LogP contribution in [-0.4, -0.2) is 71.4 Å². The van der Waals surface area contributed by atoms with Crippen molar-refractivity contribution in [1.82, 2.24) is 19.8 Å². The van der Waals surface area contributed by atoms with Crippen LogP contribution in [0.5, 0.6) is 0 Å². The van der Waals surface area contributed by atoms with Gasteiger partial charge in [-0.1, -0.05) is 0 Å². The second-order valence-corrected chi connectivity index (χ2v) is 9.43. The molecule has 0 aromatic carbocycles. The van der Waals surface area contributed by atoms with Gasteiger partial charge < -0.3 is 14.7 Å². The van der Waals surface area contributed by atoms with Gasteiger partial charge in [0.15, 0.2) is 0 Å². The monoisotopic (exact) mass is 385 g/mol. The SMILES string of the molecule is CC(=O)[C@H]1CC[C@H](CN(C)Cc2cnc(N3C4CCC3CN(C)C4)nc2)CC1. The highest BCUT2D eigenvalue weighted by Gasteiger charge is 2.40. The summed E-state index contributed by atoms with van der Waals surface area (Å²) in [5.41, 5.74) is 1.19. The van der Waals surface area contributed by atoms with E-state index in [9.17, 15) is 4.79 Å². The molecule has 28 heavy (non-hydrogen) atoms. The highest BCUT2D eigenvalue weighted by atomic mass is 16.1. The molecule has 6 nitrogen and oxygen atoms in total. The molecule has 4 rings (SSSR count). The Morgan fingerprint density at radius 3 is 2.25 bits per heavy atom. The van der Waals surface area contributed by atoms with Crippen LogP contribution in [0.3, 0.4) is 0 Å². The number of fused-ring (bicyclic) bond motifs is 2. The molecule has 2 saturated heterocycles. The lowest BCUT2D eigenvalue weighted by atomic mass is 9.80. The van der Waals surface area contributed by atoms with Gasteiger partial charge in [-0.25, -0.2) is 9.97 Å². The second kappa shape index (κ2) is 8.46. The van der Waals surface area contributed by atoms with E-state index in [2.05, 4.69) is 28.8 Å². The summed E-state index contributed by atoms with van der Waals surface area (Å²) >= 11 is 0. The van der Waals surface area contributed by atoms with Crippen molar-refractivity contribution in [3.05, 3.63) is 18.0 Å². The molecule has 0 spiro atoms. The minimum atomic E-state index is 0.312. The molecule has 154 valence electrons. The number of carbonyl (C=O) groups is 1. The molecule has 6 heteroatoms. The highest BCUT2D eigenvalue weighted by Crippen LogP contribution is 2.32. The number of aromatic nitrogens is 2. The van der Waals surface area contributed by atoms with E-state index in [0.717, 1.165) is 45.0 Å². The Labute approximate surface area is 169 Å². The normalized spacial score (nSPS) is 30.8. The van der Waals surface area contributed by atoms with Crippen molar-refractivity contribution in [2.24, 2.45) is 11.8 Å². The van der Waals surface area contributed by atoms with Gasteiger partial charge >= 0.3 is 0 Å². The molecule has 0 N–H and O–H groups in total. The Morgan fingerprint density at radius 2 is 1.68 bits per heavy atom. The topological polar surface area (TPSA) is 52.6 Å². The lowest BCUT2D eigenvalue weighted by molar-refractivity contribution is -0.121. The van der Waals surface area contributed by atoms with Gasteiger partial charge in [-0.2, -0.15) is 0 Å². The maximum atomic E-state index is 11.5. The van der Waals surface area contributed by atoms with Crippen LogP contribution in [0.4, 0.5) is 5.95 Å². The van der Waals surface area contributed by atoms with Crippen LogP contribution in [0.15, 0.2) is 12.4 Å². The third-order valence-electron chi connectivity index (χ3n) is 7.03. The molecule has 1 saturated carbocycles. The lowest BCUT2D eigenvalue weighted by Crippen LogP contribution is -2.53. The maximum Gasteiger partial charge on any atom is 0.225 e. The number of rotatable bonds is 6. The van der Waals surface area contributed by atoms with E-state index in [1.54, 1.807) is 6.92 Å². The summed E-state index contributed by atoms with van der Waals surface area (Å²) in [7, 11) is 4.40. The minimum absolute atomic E-state index is 0.312. The third-order valence-corrected chi connectivity index (χ3v) is 7.03. The predicted molar refractivity (Wildman–Crippen MR) is 111 cm³/mol. The maximum absolute atomic E-state index is 11.5. The summed E-state index contributed by atoms with van der Waals surface area (Å²) in [6.07, 6.45) is 11.0. The largest absolute Gasteiger partial charge is 0.332 e. The number of hydrogen-bond donors (Lipinski definition) is 0. The highest BCUT2D eigenvalue weighted by molar-refractivity contribution is 5.78. The molecule has 1 aromatic rings. The van der Waals surface area contributed by atoms with Gasteiger partial charge in [-0.15, -0.1) is 0 Å². The van der Waals surface area contributed by atoms with Gasteiger partial charge in [-0.05, 0) is 65.5 Å². The molecule has 0 radical (unpaired) electrons. The Hall–Kier alpha value is -1.53. The number of carbonyl (C=O) groups excluding carboxylic acids is 1. The van der Waals surface area contributed by atoms with Crippen molar-refractivity contribution in [3.8, 4) is 0 Å². The van der Waals surface area contributed by atoms with E-state index in [1.807, 2.05) is 12.4 Å². The zero-order chi connectivity index (χ0) is 19.7. The van der Waals surface area contributed by atoms with Crippen LogP contribution in [0.1, 0.15) is 51.0 Å². The Bertz CT molecular complexity index is 656. The fraction of sp³-hybridized carbons (Fsp3) is 0.773. The summed E-state index contributed by atoms with van der Waals surface area (Å²) < 4.78 is 0. The summed E-state index contributed by atoms with van der Waals surface area (Å²) in [5.74, 6) is 2.31. The molecule has 1 aliphatic carbocycles. The molecule has 2 bridgehead atoms. The third kappa shape index (κ3) is 4.38. The van der Waals surface area contributed by atoms with E-state index in [4.69, 9.17) is 9.97 Å². The number of hydrogen-bond acceptors (Lipinski definition) is 6. The van der Waals surface area contributed by atoms with Gasteiger partial charge in [0, 0.05) is 62.1 Å². The van der Waals surface area contributed by atoms with E-state index in [1.165, 1.54) is 31.2 Å². The van der Waals surface area contributed by atoms with Crippen LogP contribution < -0.4 is 4.90 Å². The average molecular weight is 386 g/mol. The summed E-state index contributed by atoms with van der Waals surface area (Å²) in [6.45, 7) is 5.97. The van der Waals surface area contributed by atoms with Crippen LogP contribution in [0.2, 0.25) is 0 Å². The van der Waals surface area contributed by atoms with Crippen molar-refractivity contribution in [1.29, 1.82) is 0 Å². The van der Waals surface area contributed by atoms with Gasteiger partial charge in [0.25, 0.3) is 0 Å². The van der Waals surface area contributed by atoms with Crippen molar-refractivity contribution in [2.75, 3.05) is 38.6 Å². The van der Waals surface area contributed by atoms with Gasteiger partial charge in [0.1, 0.15) is 5.78 Å².